The standard InChI is InChI=1S/C20H21F2N3OS/c1-11-3-5-14-15(9-23)20(27-18(14)7-11)25-19(26)10-24-12(2)13-4-6-16(21)17(22)8-13/h4,6,8,11-12,24H,3,5,7,10H2,1-2H3,(H,25,26)/t11-,12-/m0/s1. The maximum absolute atomic E-state index is 13.3. The van der Waals surface area contributed by atoms with E-state index in [-0.39, 0.29) is 18.5 Å². The third kappa shape index (κ3) is 4.34. The number of nitriles is 1. The van der Waals surface area contributed by atoms with E-state index >= 15 is 0 Å². The quantitative estimate of drug-likeness (QED) is 0.801. The molecule has 0 bridgehead atoms. The lowest BCUT2D eigenvalue weighted by Gasteiger charge is -2.17. The van der Waals surface area contributed by atoms with Gasteiger partial charge in [-0.15, -0.1) is 11.3 Å². The van der Waals surface area contributed by atoms with Crippen molar-refractivity contribution in [3.05, 3.63) is 51.4 Å². The summed E-state index contributed by atoms with van der Waals surface area (Å²) in [5.74, 6) is -1.50. The molecule has 1 aromatic carbocycles. The third-order valence-corrected chi connectivity index (χ3v) is 6.06. The molecule has 0 radical (unpaired) electrons. The normalized spacial score (nSPS) is 17.1. The molecule has 0 unspecified atom stereocenters. The van der Waals surface area contributed by atoms with Gasteiger partial charge in [-0.05, 0) is 55.4 Å². The Labute approximate surface area is 161 Å². The van der Waals surface area contributed by atoms with Crippen LogP contribution in [0.2, 0.25) is 0 Å². The van der Waals surface area contributed by atoms with Crippen molar-refractivity contribution >= 4 is 22.2 Å². The van der Waals surface area contributed by atoms with Gasteiger partial charge in [-0.2, -0.15) is 5.26 Å². The minimum atomic E-state index is -0.914. The van der Waals surface area contributed by atoms with E-state index in [2.05, 4.69) is 23.6 Å². The zero-order valence-electron chi connectivity index (χ0n) is 15.2. The molecule has 3 rings (SSSR count). The first kappa shape index (κ1) is 19.5. The highest BCUT2D eigenvalue weighted by atomic mass is 32.1. The second-order valence-corrected chi connectivity index (χ2v) is 8.10. The summed E-state index contributed by atoms with van der Waals surface area (Å²) in [5.41, 5.74) is 2.20. The highest BCUT2D eigenvalue weighted by Crippen LogP contribution is 2.39. The van der Waals surface area contributed by atoms with Crippen molar-refractivity contribution in [1.29, 1.82) is 5.26 Å². The summed E-state index contributed by atoms with van der Waals surface area (Å²) >= 11 is 1.48. The van der Waals surface area contributed by atoms with Gasteiger partial charge in [0.05, 0.1) is 12.1 Å². The Kier molecular flexibility index (Phi) is 5.88. The Balaban J connectivity index is 1.63. The van der Waals surface area contributed by atoms with E-state index in [1.54, 1.807) is 6.92 Å². The molecule has 1 amide bonds. The Hall–Kier alpha value is -2.30. The van der Waals surface area contributed by atoms with Gasteiger partial charge in [-0.1, -0.05) is 13.0 Å². The fraction of sp³-hybridized carbons (Fsp3) is 0.400. The van der Waals surface area contributed by atoms with Gasteiger partial charge in [0.25, 0.3) is 0 Å². The molecule has 2 atom stereocenters. The predicted molar refractivity (Wildman–Crippen MR) is 102 cm³/mol. The van der Waals surface area contributed by atoms with Crippen molar-refractivity contribution < 1.29 is 13.6 Å². The van der Waals surface area contributed by atoms with Gasteiger partial charge in [0.15, 0.2) is 11.6 Å². The number of carbonyl (C=O) groups is 1. The molecule has 2 N–H and O–H groups in total. The molecule has 7 heteroatoms. The van der Waals surface area contributed by atoms with Crippen LogP contribution < -0.4 is 10.6 Å². The van der Waals surface area contributed by atoms with Crippen LogP contribution in [0.1, 0.15) is 47.9 Å². The number of hydrogen-bond donors (Lipinski definition) is 2. The number of fused-ring (bicyclic) bond motifs is 1. The van der Waals surface area contributed by atoms with Gasteiger partial charge in [-0.3, -0.25) is 4.79 Å². The van der Waals surface area contributed by atoms with Gasteiger partial charge in [-0.25, -0.2) is 8.78 Å². The fourth-order valence-corrected chi connectivity index (χ4v) is 4.65. The van der Waals surface area contributed by atoms with Gasteiger partial charge >= 0.3 is 0 Å². The third-order valence-electron chi connectivity index (χ3n) is 4.89. The number of nitrogens with one attached hydrogen (secondary N) is 2. The van der Waals surface area contributed by atoms with Crippen LogP contribution >= 0.6 is 11.3 Å². The van der Waals surface area contributed by atoms with Crippen molar-refractivity contribution in [2.24, 2.45) is 5.92 Å². The SMILES string of the molecule is C[C@H]1CCc2c(sc(NC(=O)CN[C@@H](C)c3ccc(F)c(F)c3)c2C#N)C1. The minimum absolute atomic E-state index is 0.00397. The zero-order chi connectivity index (χ0) is 19.6. The summed E-state index contributed by atoms with van der Waals surface area (Å²) in [6.07, 6.45) is 2.87. The van der Waals surface area contributed by atoms with Gasteiger partial charge in [0.2, 0.25) is 5.91 Å². The van der Waals surface area contributed by atoms with Crippen molar-refractivity contribution in [1.82, 2.24) is 5.32 Å². The first-order valence-corrected chi connectivity index (χ1v) is 9.73. The first-order chi connectivity index (χ1) is 12.9. The number of rotatable bonds is 5. The lowest BCUT2D eigenvalue weighted by molar-refractivity contribution is -0.115. The van der Waals surface area contributed by atoms with Crippen molar-refractivity contribution in [3.63, 3.8) is 0 Å². The molecule has 142 valence electrons. The summed E-state index contributed by atoms with van der Waals surface area (Å²) in [5, 5.41) is 15.9. The van der Waals surface area contributed by atoms with Crippen molar-refractivity contribution in [2.75, 3.05) is 11.9 Å². The fourth-order valence-electron chi connectivity index (χ4n) is 3.27. The molecular formula is C20H21F2N3OS. The van der Waals surface area contributed by atoms with E-state index in [9.17, 15) is 18.8 Å². The molecule has 0 saturated heterocycles. The molecule has 2 aromatic rings. The highest BCUT2D eigenvalue weighted by molar-refractivity contribution is 7.16. The highest BCUT2D eigenvalue weighted by Gasteiger charge is 2.24. The van der Waals surface area contributed by atoms with Crippen LogP contribution in [0.4, 0.5) is 13.8 Å². The second-order valence-electron chi connectivity index (χ2n) is 6.99. The van der Waals surface area contributed by atoms with E-state index in [1.165, 1.54) is 22.3 Å². The maximum Gasteiger partial charge on any atom is 0.238 e. The average Bonchev–Trinajstić information content (AvgIpc) is 2.97. The molecule has 1 aromatic heterocycles. The number of halogens is 2. The summed E-state index contributed by atoms with van der Waals surface area (Å²) in [7, 11) is 0. The molecule has 27 heavy (non-hydrogen) atoms. The number of benzene rings is 1. The summed E-state index contributed by atoms with van der Waals surface area (Å²) in [4.78, 5) is 13.5. The van der Waals surface area contributed by atoms with Gasteiger partial charge in [0, 0.05) is 10.9 Å². The topological polar surface area (TPSA) is 64.9 Å². The van der Waals surface area contributed by atoms with Crippen molar-refractivity contribution in [3.8, 4) is 6.07 Å². The number of nitrogens with zero attached hydrogens (tertiary/aromatic N) is 1. The van der Waals surface area contributed by atoms with Crippen LogP contribution in [0.15, 0.2) is 18.2 Å². The number of thiophene rings is 1. The zero-order valence-corrected chi connectivity index (χ0v) is 16.1. The van der Waals surface area contributed by atoms with Crippen LogP contribution in [0, 0.1) is 28.9 Å². The monoisotopic (exact) mass is 389 g/mol. The lowest BCUT2D eigenvalue weighted by Crippen LogP contribution is -2.30. The van der Waals surface area contributed by atoms with Crippen molar-refractivity contribution in [2.45, 2.75) is 39.2 Å². The Morgan fingerprint density at radius 2 is 2.19 bits per heavy atom. The lowest BCUT2D eigenvalue weighted by atomic mass is 9.89. The molecular weight excluding hydrogens is 368 g/mol. The first-order valence-electron chi connectivity index (χ1n) is 8.91. The van der Waals surface area contributed by atoms with Crippen LogP contribution in [-0.2, 0) is 17.6 Å². The Bertz CT molecular complexity index is 903. The molecule has 0 aliphatic heterocycles. The smallest absolute Gasteiger partial charge is 0.238 e. The average molecular weight is 389 g/mol. The molecule has 0 saturated carbocycles. The van der Waals surface area contributed by atoms with Crippen LogP contribution in [-0.4, -0.2) is 12.5 Å². The van der Waals surface area contributed by atoms with E-state index in [0.717, 1.165) is 37.0 Å². The van der Waals surface area contributed by atoms with E-state index < -0.39 is 11.6 Å². The maximum atomic E-state index is 13.3. The molecule has 1 heterocycles. The summed E-state index contributed by atoms with van der Waals surface area (Å²) < 4.78 is 26.4. The molecule has 1 aliphatic rings. The largest absolute Gasteiger partial charge is 0.315 e. The number of amides is 1. The van der Waals surface area contributed by atoms with E-state index in [4.69, 9.17) is 0 Å². The predicted octanol–water partition coefficient (Wildman–Crippen LogP) is 4.31. The van der Waals surface area contributed by atoms with Gasteiger partial charge < -0.3 is 10.6 Å². The Morgan fingerprint density at radius 3 is 2.89 bits per heavy atom. The molecule has 0 spiro atoms. The van der Waals surface area contributed by atoms with Crippen LogP contribution in [0.5, 0.6) is 0 Å². The summed E-state index contributed by atoms with van der Waals surface area (Å²) in [6, 6.07) is 5.57. The molecule has 1 aliphatic carbocycles. The van der Waals surface area contributed by atoms with Gasteiger partial charge in [0.1, 0.15) is 11.1 Å². The molecule has 4 nitrogen and oxygen atoms in total. The van der Waals surface area contributed by atoms with E-state index in [0.29, 0.717) is 22.0 Å². The summed E-state index contributed by atoms with van der Waals surface area (Å²) in [6.45, 7) is 3.96. The Morgan fingerprint density at radius 1 is 1.41 bits per heavy atom. The minimum Gasteiger partial charge on any atom is -0.315 e. The van der Waals surface area contributed by atoms with Crippen LogP contribution in [0.25, 0.3) is 0 Å². The second kappa shape index (κ2) is 8.15. The number of hydrogen-bond acceptors (Lipinski definition) is 4. The van der Waals surface area contributed by atoms with Crippen LogP contribution in [0.3, 0.4) is 0 Å². The van der Waals surface area contributed by atoms with E-state index in [1.807, 2.05) is 0 Å². The number of carbonyl (C=O) groups excluding carboxylic acids is 1. The molecule has 0 fully saturated rings. The number of anilines is 1.